The van der Waals surface area contributed by atoms with E-state index in [1.807, 2.05) is 45.9 Å². The van der Waals surface area contributed by atoms with Crippen LogP contribution in [0.25, 0.3) is 0 Å². The number of nitrogens with one attached hydrogen (secondary N) is 2. The van der Waals surface area contributed by atoms with Gasteiger partial charge >= 0.3 is 6.03 Å². The lowest BCUT2D eigenvalue weighted by atomic mass is 10.1. The normalized spacial score (nSPS) is 11.0. The van der Waals surface area contributed by atoms with Crippen LogP contribution in [-0.4, -0.2) is 23.2 Å². The fourth-order valence-electron chi connectivity index (χ4n) is 1.42. The first kappa shape index (κ1) is 16.4. The number of carbonyl (C=O) groups is 2. The molecule has 0 spiro atoms. The summed E-state index contributed by atoms with van der Waals surface area (Å²) < 4.78 is 0. The van der Waals surface area contributed by atoms with Crippen molar-refractivity contribution in [1.29, 1.82) is 0 Å². The zero-order valence-electron chi connectivity index (χ0n) is 12.2. The van der Waals surface area contributed by atoms with Crippen LogP contribution in [0.5, 0.6) is 0 Å². The first-order valence-electron chi connectivity index (χ1n) is 6.28. The van der Waals surface area contributed by atoms with E-state index in [4.69, 9.17) is 5.73 Å². The van der Waals surface area contributed by atoms with Gasteiger partial charge < -0.3 is 11.1 Å². The highest BCUT2D eigenvalue weighted by molar-refractivity contribution is 8.00. The predicted octanol–water partition coefficient (Wildman–Crippen LogP) is 2.29. The van der Waals surface area contributed by atoms with Gasteiger partial charge in [-0.25, -0.2) is 4.79 Å². The summed E-state index contributed by atoms with van der Waals surface area (Å²) in [6.07, 6.45) is 0. The molecule has 0 radical (unpaired) electrons. The second-order valence-corrected chi connectivity index (χ2v) is 6.61. The lowest BCUT2D eigenvalue weighted by Gasteiger charge is -2.20. The molecule has 0 aliphatic heterocycles. The van der Waals surface area contributed by atoms with Gasteiger partial charge in [-0.2, -0.15) is 0 Å². The smallest absolute Gasteiger partial charge is 0.321 e. The second kappa shape index (κ2) is 6.65. The molecular formula is C14H21N3O2S. The number of nitrogen functional groups attached to an aromatic ring is 1. The van der Waals surface area contributed by atoms with Gasteiger partial charge in [0.25, 0.3) is 0 Å². The van der Waals surface area contributed by atoms with Gasteiger partial charge in [0.1, 0.15) is 0 Å². The van der Waals surface area contributed by atoms with E-state index in [1.165, 1.54) is 11.8 Å². The lowest BCUT2D eigenvalue weighted by Crippen LogP contribution is -2.48. The van der Waals surface area contributed by atoms with Gasteiger partial charge in [0.15, 0.2) is 0 Å². The molecule has 0 atom stereocenters. The number of imide groups is 1. The highest BCUT2D eigenvalue weighted by Crippen LogP contribution is 2.22. The highest BCUT2D eigenvalue weighted by atomic mass is 32.2. The Bertz CT molecular complexity index is 510. The average Bonchev–Trinajstić information content (AvgIpc) is 2.28. The van der Waals surface area contributed by atoms with Gasteiger partial charge in [0, 0.05) is 16.1 Å². The quantitative estimate of drug-likeness (QED) is 0.590. The molecule has 1 aromatic rings. The molecule has 0 unspecified atom stereocenters. The number of carbonyl (C=O) groups excluding carboxylic acids is 2. The number of hydrogen-bond donors (Lipinski definition) is 3. The van der Waals surface area contributed by atoms with Gasteiger partial charge in [0.2, 0.25) is 5.91 Å². The molecular weight excluding hydrogens is 274 g/mol. The first-order valence-corrected chi connectivity index (χ1v) is 7.27. The van der Waals surface area contributed by atoms with Crippen LogP contribution in [0.4, 0.5) is 10.5 Å². The first-order chi connectivity index (χ1) is 9.17. The molecule has 0 saturated carbocycles. The largest absolute Gasteiger partial charge is 0.399 e. The Morgan fingerprint density at radius 2 is 1.95 bits per heavy atom. The maximum atomic E-state index is 11.6. The van der Waals surface area contributed by atoms with Crippen LogP contribution in [0.15, 0.2) is 23.1 Å². The van der Waals surface area contributed by atoms with Crippen LogP contribution in [0.1, 0.15) is 26.3 Å². The number of anilines is 1. The van der Waals surface area contributed by atoms with Gasteiger partial charge in [-0.3, -0.25) is 10.1 Å². The standard InChI is InChI=1S/C14H21N3O2S/c1-9-7-10(5-6-11(9)15)20-8-12(18)16-13(19)17-14(2,3)4/h5-7H,8,15H2,1-4H3,(H2,16,17,18,19). The molecule has 6 heteroatoms. The Kier molecular flexibility index (Phi) is 5.44. The summed E-state index contributed by atoms with van der Waals surface area (Å²) >= 11 is 1.36. The molecule has 1 aromatic carbocycles. The fourth-order valence-corrected chi connectivity index (χ4v) is 2.22. The molecule has 0 aromatic heterocycles. The van der Waals surface area contributed by atoms with Crippen LogP contribution in [0.3, 0.4) is 0 Å². The maximum Gasteiger partial charge on any atom is 0.321 e. The van der Waals surface area contributed by atoms with E-state index in [2.05, 4.69) is 10.6 Å². The Balaban J connectivity index is 2.43. The maximum absolute atomic E-state index is 11.6. The van der Waals surface area contributed by atoms with Crippen molar-refractivity contribution >= 4 is 29.4 Å². The summed E-state index contributed by atoms with van der Waals surface area (Å²) in [7, 11) is 0. The number of rotatable bonds is 3. The Morgan fingerprint density at radius 3 is 2.50 bits per heavy atom. The summed E-state index contributed by atoms with van der Waals surface area (Å²) in [6.45, 7) is 7.46. The van der Waals surface area contributed by atoms with Crippen molar-refractivity contribution in [3.8, 4) is 0 Å². The molecule has 1 rings (SSSR count). The molecule has 0 aliphatic rings. The van der Waals surface area contributed by atoms with Crippen molar-refractivity contribution in [2.24, 2.45) is 0 Å². The minimum atomic E-state index is -0.475. The van der Waals surface area contributed by atoms with E-state index < -0.39 is 6.03 Å². The number of nitrogens with two attached hydrogens (primary N) is 1. The monoisotopic (exact) mass is 295 g/mol. The third-order valence-corrected chi connectivity index (χ3v) is 3.35. The van der Waals surface area contributed by atoms with Crippen LogP contribution < -0.4 is 16.4 Å². The molecule has 4 N–H and O–H groups in total. The predicted molar refractivity (Wildman–Crippen MR) is 82.7 cm³/mol. The van der Waals surface area contributed by atoms with E-state index in [0.29, 0.717) is 0 Å². The van der Waals surface area contributed by atoms with Gasteiger partial charge in [-0.15, -0.1) is 11.8 Å². The molecule has 0 saturated heterocycles. The topological polar surface area (TPSA) is 84.2 Å². The highest BCUT2D eigenvalue weighted by Gasteiger charge is 2.15. The van der Waals surface area contributed by atoms with E-state index in [1.54, 1.807) is 0 Å². The van der Waals surface area contributed by atoms with Gasteiger partial charge in [0.05, 0.1) is 5.75 Å². The van der Waals surface area contributed by atoms with Gasteiger partial charge in [-0.1, -0.05) is 0 Å². The number of thioether (sulfide) groups is 1. The molecule has 0 bridgehead atoms. The van der Waals surface area contributed by atoms with E-state index >= 15 is 0 Å². The van der Waals surface area contributed by atoms with Crippen molar-refractivity contribution in [3.63, 3.8) is 0 Å². The van der Waals surface area contributed by atoms with Crippen molar-refractivity contribution < 1.29 is 9.59 Å². The Labute approximate surface area is 123 Å². The third-order valence-electron chi connectivity index (χ3n) is 2.35. The van der Waals surface area contributed by atoms with Crippen LogP contribution in [-0.2, 0) is 4.79 Å². The van der Waals surface area contributed by atoms with Crippen molar-refractivity contribution in [2.45, 2.75) is 38.1 Å². The minimum absolute atomic E-state index is 0.181. The van der Waals surface area contributed by atoms with Gasteiger partial charge in [-0.05, 0) is 51.5 Å². The second-order valence-electron chi connectivity index (χ2n) is 5.56. The Hall–Kier alpha value is -1.69. The van der Waals surface area contributed by atoms with Crippen LogP contribution >= 0.6 is 11.8 Å². The Morgan fingerprint density at radius 1 is 1.30 bits per heavy atom. The fraction of sp³-hybridized carbons (Fsp3) is 0.429. The van der Waals surface area contributed by atoms with E-state index in [-0.39, 0.29) is 17.2 Å². The number of benzene rings is 1. The third kappa shape index (κ3) is 5.97. The molecule has 0 heterocycles. The SMILES string of the molecule is Cc1cc(SCC(=O)NC(=O)NC(C)(C)C)ccc1N. The number of amides is 3. The average molecular weight is 295 g/mol. The molecule has 110 valence electrons. The zero-order chi connectivity index (χ0) is 15.3. The van der Waals surface area contributed by atoms with Crippen LogP contribution in [0, 0.1) is 6.92 Å². The molecule has 20 heavy (non-hydrogen) atoms. The minimum Gasteiger partial charge on any atom is -0.399 e. The molecule has 0 fully saturated rings. The number of hydrogen-bond acceptors (Lipinski definition) is 4. The van der Waals surface area contributed by atoms with E-state index in [9.17, 15) is 9.59 Å². The zero-order valence-corrected chi connectivity index (χ0v) is 13.1. The number of urea groups is 1. The molecule has 5 nitrogen and oxygen atoms in total. The molecule has 0 aliphatic carbocycles. The van der Waals surface area contributed by atoms with Crippen LogP contribution in [0.2, 0.25) is 0 Å². The summed E-state index contributed by atoms with van der Waals surface area (Å²) in [6, 6.07) is 5.11. The molecule has 3 amide bonds. The summed E-state index contributed by atoms with van der Waals surface area (Å²) in [5, 5.41) is 4.97. The summed E-state index contributed by atoms with van der Waals surface area (Å²) in [5.41, 5.74) is 7.06. The van der Waals surface area contributed by atoms with Crippen molar-refractivity contribution in [1.82, 2.24) is 10.6 Å². The lowest BCUT2D eigenvalue weighted by molar-refractivity contribution is -0.117. The van der Waals surface area contributed by atoms with Crippen molar-refractivity contribution in [3.05, 3.63) is 23.8 Å². The summed E-state index contributed by atoms with van der Waals surface area (Å²) in [5.74, 6) is -0.146. The van der Waals surface area contributed by atoms with E-state index in [0.717, 1.165) is 16.1 Å². The number of aryl methyl sites for hydroxylation is 1. The summed E-state index contributed by atoms with van der Waals surface area (Å²) in [4.78, 5) is 24.1. The van der Waals surface area contributed by atoms with Crippen molar-refractivity contribution in [2.75, 3.05) is 11.5 Å².